The number of nitrogens with one attached hydrogen (secondary N) is 1. The molecule has 2 rings (SSSR count). The van der Waals surface area contributed by atoms with Crippen molar-refractivity contribution in [3.8, 4) is 0 Å². The van der Waals surface area contributed by atoms with Crippen LogP contribution in [0, 0.1) is 5.92 Å². The van der Waals surface area contributed by atoms with E-state index in [0.29, 0.717) is 5.92 Å². The second-order valence-electron chi connectivity index (χ2n) is 4.55. The lowest BCUT2D eigenvalue weighted by atomic mass is 9.98. The maximum atomic E-state index is 3.22. The molecule has 0 fully saturated rings. The van der Waals surface area contributed by atoms with Gasteiger partial charge in [0.15, 0.2) is 0 Å². The first-order chi connectivity index (χ1) is 7.79. The maximum absolute atomic E-state index is 3.22. The van der Waals surface area contributed by atoms with Crippen molar-refractivity contribution in [2.45, 2.75) is 13.3 Å². The Morgan fingerprint density at radius 2 is 1.81 bits per heavy atom. The molecule has 16 heavy (non-hydrogen) atoms. The quantitative estimate of drug-likeness (QED) is 0.822. The molecule has 2 aromatic rings. The number of hydrogen-bond acceptors (Lipinski definition) is 1. The van der Waals surface area contributed by atoms with Gasteiger partial charge in [0, 0.05) is 0 Å². The Bertz CT molecular complexity index is 462. The van der Waals surface area contributed by atoms with E-state index in [9.17, 15) is 0 Å². The van der Waals surface area contributed by atoms with E-state index in [0.717, 1.165) is 13.0 Å². The minimum Gasteiger partial charge on any atom is -0.319 e. The third kappa shape index (κ3) is 2.61. The molecular formula is C15H19N. The normalized spacial score (nSPS) is 12.9. The summed E-state index contributed by atoms with van der Waals surface area (Å²) in [5.41, 5.74) is 1.43. The van der Waals surface area contributed by atoms with Crippen molar-refractivity contribution in [1.82, 2.24) is 5.32 Å². The maximum Gasteiger partial charge on any atom is -0.00230 e. The Morgan fingerprint density at radius 1 is 1.06 bits per heavy atom. The first-order valence-corrected chi connectivity index (χ1v) is 5.92. The summed E-state index contributed by atoms with van der Waals surface area (Å²) in [6.07, 6.45) is 1.14. The van der Waals surface area contributed by atoms with Crippen LogP contribution in [0.25, 0.3) is 10.8 Å². The minimum absolute atomic E-state index is 0.686. The molecule has 0 aliphatic heterocycles. The third-order valence-corrected chi connectivity index (χ3v) is 2.95. The van der Waals surface area contributed by atoms with E-state index >= 15 is 0 Å². The summed E-state index contributed by atoms with van der Waals surface area (Å²) in [5, 5.41) is 5.90. The van der Waals surface area contributed by atoms with E-state index in [1.54, 1.807) is 0 Å². The molecule has 0 saturated carbocycles. The number of benzene rings is 2. The van der Waals surface area contributed by atoms with E-state index in [1.807, 2.05) is 7.05 Å². The number of fused-ring (bicyclic) bond motifs is 1. The van der Waals surface area contributed by atoms with Crippen molar-refractivity contribution in [3.05, 3.63) is 48.0 Å². The van der Waals surface area contributed by atoms with Crippen LogP contribution in [0.1, 0.15) is 12.5 Å². The topological polar surface area (TPSA) is 12.0 Å². The van der Waals surface area contributed by atoms with Crippen LogP contribution in [0.3, 0.4) is 0 Å². The summed E-state index contributed by atoms with van der Waals surface area (Å²) in [7, 11) is 2.01. The van der Waals surface area contributed by atoms with Crippen LogP contribution in [0.4, 0.5) is 0 Å². The van der Waals surface area contributed by atoms with Gasteiger partial charge in [0.25, 0.3) is 0 Å². The van der Waals surface area contributed by atoms with Crippen molar-refractivity contribution in [2.75, 3.05) is 13.6 Å². The zero-order valence-corrected chi connectivity index (χ0v) is 10.0. The van der Waals surface area contributed by atoms with Crippen molar-refractivity contribution in [1.29, 1.82) is 0 Å². The molecule has 0 saturated heterocycles. The molecule has 2 aromatic carbocycles. The third-order valence-electron chi connectivity index (χ3n) is 2.95. The first kappa shape index (κ1) is 11.2. The lowest BCUT2D eigenvalue weighted by Crippen LogP contribution is -2.17. The predicted octanol–water partition coefficient (Wildman–Crippen LogP) is 3.24. The highest BCUT2D eigenvalue weighted by Crippen LogP contribution is 2.17. The summed E-state index contributed by atoms with van der Waals surface area (Å²) < 4.78 is 0. The molecule has 1 N–H and O–H groups in total. The molecule has 0 heterocycles. The smallest absolute Gasteiger partial charge is 0.00230 e. The lowest BCUT2D eigenvalue weighted by Gasteiger charge is -2.11. The van der Waals surface area contributed by atoms with Gasteiger partial charge in [-0.15, -0.1) is 0 Å². The molecule has 84 valence electrons. The van der Waals surface area contributed by atoms with Crippen LogP contribution in [-0.2, 0) is 6.42 Å². The van der Waals surface area contributed by atoms with E-state index in [1.165, 1.54) is 16.3 Å². The molecule has 0 spiro atoms. The van der Waals surface area contributed by atoms with E-state index in [2.05, 4.69) is 54.7 Å². The molecule has 0 aliphatic rings. The van der Waals surface area contributed by atoms with Gasteiger partial charge in [-0.05, 0) is 42.3 Å². The predicted molar refractivity (Wildman–Crippen MR) is 70.7 cm³/mol. The summed E-state index contributed by atoms with van der Waals surface area (Å²) in [6, 6.07) is 15.3. The van der Waals surface area contributed by atoms with Crippen LogP contribution < -0.4 is 5.32 Å². The summed E-state index contributed by atoms with van der Waals surface area (Å²) in [6.45, 7) is 3.36. The number of hydrogen-bond donors (Lipinski definition) is 1. The van der Waals surface area contributed by atoms with Crippen LogP contribution in [0.5, 0.6) is 0 Å². The van der Waals surface area contributed by atoms with Gasteiger partial charge in [-0.1, -0.05) is 49.4 Å². The highest BCUT2D eigenvalue weighted by molar-refractivity contribution is 5.82. The first-order valence-electron chi connectivity index (χ1n) is 5.92. The van der Waals surface area contributed by atoms with E-state index < -0.39 is 0 Å². The Kier molecular flexibility index (Phi) is 3.58. The summed E-state index contributed by atoms with van der Waals surface area (Å²) in [4.78, 5) is 0. The molecule has 0 amide bonds. The van der Waals surface area contributed by atoms with Gasteiger partial charge in [0.05, 0.1) is 0 Å². The molecular weight excluding hydrogens is 194 g/mol. The second kappa shape index (κ2) is 5.13. The molecule has 1 nitrogen and oxygen atoms in total. The molecule has 0 aliphatic carbocycles. The molecule has 1 unspecified atom stereocenters. The minimum atomic E-state index is 0.686. The zero-order valence-electron chi connectivity index (χ0n) is 10.0. The fourth-order valence-electron chi connectivity index (χ4n) is 2.19. The fraction of sp³-hybridized carbons (Fsp3) is 0.333. The summed E-state index contributed by atoms with van der Waals surface area (Å²) in [5.74, 6) is 0.686. The standard InChI is InChI=1S/C15H19N/c1-12(11-16-2)9-13-7-8-14-5-3-4-6-15(14)10-13/h3-8,10,12,16H,9,11H2,1-2H3. The van der Waals surface area contributed by atoms with Gasteiger partial charge in [0.1, 0.15) is 0 Å². The van der Waals surface area contributed by atoms with Crippen LogP contribution >= 0.6 is 0 Å². The van der Waals surface area contributed by atoms with Gasteiger partial charge in [-0.25, -0.2) is 0 Å². The second-order valence-corrected chi connectivity index (χ2v) is 4.55. The SMILES string of the molecule is CNCC(C)Cc1ccc2ccccc2c1. The van der Waals surface area contributed by atoms with Gasteiger partial charge in [-0.3, -0.25) is 0 Å². The molecule has 0 bridgehead atoms. The van der Waals surface area contributed by atoms with Gasteiger partial charge in [0.2, 0.25) is 0 Å². The van der Waals surface area contributed by atoms with E-state index in [4.69, 9.17) is 0 Å². The van der Waals surface area contributed by atoms with Crippen LogP contribution in [0.15, 0.2) is 42.5 Å². The highest BCUT2D eigenvalue weighted by atomic mass is 14.8. The monoisotopic (exact) mass is 213 g/mol. The molecule has 0 aromatic heterocycles. The summed E-state index contributed by atoms with van der Waals surface area (Å²) >= 11 is 0. The Morgan fingerprint density at radius 3 is 2.56 bits per heavy atom. The molecule has 1 atom stereocenters. The zero-order chi connectivity index (χ0) is 11.4. The van der Waals surface area contributed by atoms with Crippen molar-refractivity contribution < 1.29 is 0 Å². The van der Waals surface area contributed by atoms with Crippen LogP contribution in [0.2, 0.25) is 0 Å². The average molecular weight is 213 g/mol. The van der Waals surface area contributed by atoms with Gasteiger partial charge in [-0.2, -0.15) is 0 Å². The van der Waals surface area contributed by atoms with Crippen molar-refractivity contribution >= 4 is 10.8 Å². The van der Waals surface area contributed by atoms with E-state index in [-0.39, 0.29) is 0 Å². The highest BCUT2D eigenvalue weighted by Gasteiger charge is 2.03. The van der Waals surface area contributed by atoms with Gasteiger partial charge < -0.3 is 5.32 Å². The van der Waals surface area contributed by atoms with Crippen LogP contribution in [-0.4, -0.2) is 13.6 Å². The Labute approximate surface area is 97.5 Å². The Hall–Kier alpha value is -1.34. The molecule has 0 radical (unpaired) electrons. The van der Waals surface area contributed by atoms with Crippen molar-refractivity contribution in [3.63, 3.8) is 0 Å². The average Bonchev–Trinajstić information content (AvgIpc) is 2.29. The van der Waals surface area contributed by atoms with Gasteiger partial charge >= 0.3 is 0 Å². The van der Waals surface area contributed by atoms with Crippen molar-refractivity contribution in [2.24, 2.45) is 5.92 Å². The fourth-order valence-corrected chi connectivity index (χ4v) is 2.19. The Balaban J connectivity index is 2.19. The lowest BCUT2D eigenvalue weighted by molar-refractivity contribution is 0.542. The molecule has 1 heteroatoms. The largest absolute Gasteiger partial charge is 0.319 e. The number of rotatable bonds is 4.